The van der Waals surface area contributed by atoms with Gasteiger partial charge in [0, 0.05) is 16.7 Å². The SMILES string of the molecule is C[C@]12C=CC(=O)C=C1CC[C@H]1[C@@H]3CC[C@](OC(=O)c4ccc(Oc5ccccc5)c(OCc5ccccc5)c4)(C(=O)OCC#N)[C@@]3(C)C[C@H](O)[C@@]12F. The molecule has 9 nitrogen and oxygen atoms in total. The molecule has 10 heteroatoms. The van der Waals surface area contributed by atoms with E-state index in [9.17, 15) is 24.8 Å². The molecule has 4 aliphatic rings. The highest BCUT2D eigenvalue weighted by atomic mass is 19.1. The lowest BCUT2D eigenvalue weighted by atomic mass is 9.45. The van der Waals surface area contributed by atoms with Gasteiger partial charge < -0.3 is 24.1 Å². The second-order valence-corrected chi connectivity index (χ2v) is 14.6. The lowest BCUT2D eigenvalue weighted by Crippen LogP contribution is -2.69. The van der Waals surface area contributed by atoms with Crippen LogP contribution in [0.1, 0.15) is 61.9 Å². The summed E-state index contributed by atoms with van der Waals surface area (Å²) in [7, 11) is 0. The van der Waals surface area contributed by atoms with Gasteiger partial charge in [-0.2, -0.15) is 5.26 Å². The Bertz CT molecular complexity index is 1990. The van der Waals surface area contributed by atoms with E-state index in [4.69, 9.17) is 18.9 Å². The molecule has 0 spiro atoms. The first kappa shape index (κ1) is 35.1. The average molecular weight is 706 g/mol. The number of ether oxygens (including phenoxy) is 4. The van der Waals surface area contributed by atoms with Crippen molar-refractivity contribution in [3.8, 4) is 23.3 Å². The summed E-state index contributed by atoms with van der Waals surface area (Å²) >= 11 is 0. The van der Waals surface area contributed by atoms with Crippen molar-refractivity contribution in [1.29, 1.82) is 5.26 Å². The fourth-order valence-corrected chi connectivity index (χ4v) is 9.36. The summed E-state index contributed by atoms with van der Waals surface area (Å²) in [6, 6.07) is 25.0. The third-order valence-corrected chi connectivity index (χ3v) is 12.0. The fourth-order valence-electron chi connectivity index (χ4n) is 9.36. The molecule has 4 aliphatic carbocycles. The summed E-state index contributed by atoms with van der Waals surface area (Å²) in [5.74, 6) is -2.05. The van der Waals surface area contributed by atoms with Gasteiger partial charge in [0.1, 0.15) is 18.4 Å². The van der Waals surface area contributed by atoms with E-state index in [0.717, 1.165) is 5.56 Å². The number of hydrogen-bond donors (Lipinski definition) is 1. The van der Waals surface area contributed by atoms with Crippen LogP contribution in [0.3, 0.4) is 0 Å². The number of nitrogens with zero attached hydrogens (tertiary/aromatic N) is 1. The molecule has 0 amide bonds. The van der Waals surface area contributed by atoms with Crippen LogP contribution in [0.5, 0.6) is 17.2 Å². The fraction of sp³-hybridized carbons (Fsp3) is 0.381. The summed E-state index contributed by atoms with van der Waals surface area (Å²) in [4.78, 5) is 40.5. The van der Waals surface area contributed by atoms with Crippen molar-refractivity contribution in [3.05, 3.63) is 114 Å². The molecule has 3 aromatic rings. The van der Waals surface area contributed by atoms with Crippen molar-refractivity contribution in [2.75, 3.05) is 6.61 Å². The first-order valence-corrected chi connectivity index (χ1v) is 17.6. The Balaban J connectivity index is 1.23. The van der Waals surface area contributed by atoms with E-state index in [-0.39, 0.29) is 36.5 Å². The summed E-state index contributed by atoms with van der Waals surface area (Å²) in [5.41, 5.74) is -4.98. The standard InChI is InChI=1S/C42H40FNO8/c1-39-19-17-30(45)24-29(39)14-15-33-32-18-20-41(38(48)49-22-21-44,40(32,2)25-36(46)42(33,39)43)52-37(47)28-13-16-34(51-31-11-7-4-8-12-31)35(23-28)50-26-27-9-5-3-6-10-27/h3-13,16-17,19,23-24,32-33,36,46H,14-15,18,20,22,25-26H2,1-2H3/t32-,33-,36-,39-,40-,41-,42-/m0/s1. The molecule has 1 N–H and O–H groups in total. The minimum absolute atomic E-state index is 0.00374. The van der Waals surface area contributed by atoms with Gasteiger partial charge >= 0.3 is 11.9 Å². The molecule has 52 heavy (non-hydrogen) atoms. The Morgan fingerprint density at radius 1 is 0.981 bits per heavy atom. The number of esters is 2. The van der Waals surface area contributed by atoms with Crippen LogP contribution in [-0.2, 0) is 25.7 Å². The van der Waals surface area contributed by atoms with Crippen molar-refractivity contribution in [2.45, 2.75) is 69.9 Å². The second-order valence-electron chi connectivity index (χ2n) is 14.6. The third kappa shape index (κ3) is 5.59. The van der Waals surface area contributed by atoms with Gasteiger partial charge in [-0.3, -0.25) is 4.79 Å². The van der Waals surface area contributed by atoms with Crippen molar-refractivity contribution < 1.29 is 42.8 Å². The Morgan fingerprint density at radius 3 is 2.44 bits per heavy atom. The molecule has 0 heterocycles. The Morgan fingerprint density at radius 2 is 1.71 bits per heavy atom. The van der Waals surface area contributed by atoms with Crippen LogP contribution in [-0.4, -0.2) is 46.8 Å². The number of nitriles is 1. The Labute approximate surface area is 301 Å². The molecule has 0 aliphatic heterocycles. The molecular weight excluding hydrogens is 665 g/mol. The second kappa shape index (κ2) is 13.4. The number of aliphatic hydroxyl groups excluding tert-OH is 1. The number of aliphatic hydroxyl groups is 1. The van der Waals surface area contributed by atoms with Crippen molar-refractivity contribution in [2.24, 2.45) is 22.7 Å². The monoisotopic (exact) mass is 705 g/mol. The molecular formula is C42H40FNO8. The summed E-state index contributed by atoms with van der Waals surface area (Å²) in [5, 5.41) is 21.1. The molecule has 0 radical (unpaired) electrons. The number of rotatable bonds is 9. The van der Waals surface area contributed by atoms with E-state index in [1.54, 1.807) is 44.2 Å². The zero-order chi connectivity index (χ0) is 36.7. The van der Waals surface area contributed by atoms with Crippen LogP contribution in [0.4, 0.5) is 4.39 Å². The van der Waals surface area contributed by atoms with E-state index in [1.807, 2.05) is 48.5 Å². The summed E-state index contributed by atoms with van der Waals surface area (Å²) in [6.45, 7) is 3.06. The van der Waals surface area contributed by atoms with Gasteiger partial charge in [0.05, 0.1) is 11.7 Å². The number of allylic oxidation sites excluding steroid dienone is 4. The molecule has 3 aromatic carbocycles. The Hall–Kier alpha value is -5.27. The van der Waals surface area contributed by atoms with E-state index in [2.05, 4.69) is 0 Å². The van der Waals surface area contributed by atoms with Crippen molar-refractivity contribution >= 4 is 17.7 Å². The quantitative estimate of drug-likeness (QED) is 0.226. The molecule has 7 atom stereocenters. The van der Waals surface area contributed by atoms with E-state index in [0.29, 0.717) is 36.3 Å². The summed E-state index contributed by atoms with van der Waals surface area (Å²) in [6.07, 6.45) is 3.67. The third-order valence-electron chi connectivity index (χ3n) is 12.0. The maximum Gasteiger partial charge on any atom is 0.352 e. The highest BCUT2D eigenvalue weighted by Gasteiger charge is 2.76. The van der Waals surface area contributed by atoms with Gasteiger partial charge in [-0.15, -0.1) is 0 Å². The van der Waals surface area contributed by atoms with Gasteiger partial charge in [-0.1, -0.05) is 67.1 Å². The van der Waals surface area contributed by atoms with Crippen LogP contribution in [0.15, 0.2) is 103 Å². The lowest BCUT2D eigenvalue weighted by Gasteiger charge is -2.62. The number of alkyl halides is 1. The van der Waals surface area contributed by atoms with Crippen molar-refractivity contribution in [3.63, 3.8) is 0 Å². The van der Waals surface area contributed by atoms with Gasteiger partial charge in [-0.25, -0.2) is 14.0 Å². The molecule has 3 saturated carbocycles. The normalized spacial score (nSPS) is 31.6. The van der Waals surface area contributed by atoms with Gasteiger partial charge in [0.15, 0.2) is 29.6 Å². The Kier molecular flexibility index (Phi) is 9.04. The topological polar surface area (TPSA) is 132 Å². The predicted octanol–water partition coefficient (Wildman–Crippen LogP) is 7.39. The van der Waals surface area contributed by atoms with Gasteiger partial charge in [-0.05, 0) is 93.0 Å². The van der Waals surface area contributed by atoms with Crippen LogP contribution in [0.25, 0.3) is 0 Å². The van der Waals surface area contributed by atoms with E-state index < -0.39 is 58.6 Å². The van der Waals surface area contributed by atoms with Gasteiger partial charge in [0.25, 0.3) is 0 Å². The van der Waals surface area contributed by atoms with Gasteiger partial charge in [0.2, 0.25) is 5.60 Å². The van der Waals surface area contributed by atoms with Crippen LogP contribution in [0, 0.1) is 34.0 Å². The number of halogens is 1. The predicted molar refractivity (Wildman–Crippen MR) is 187 cm³/mol. The van der Waals surface area contributed by atoms with Crippen LogP contribution < -0.4 is 9.47 Å². The largest absolute Gasteiger partial charge is 0.485 e. The zero-order valence-corrected chi connectivity index (χ0v) is 29.0. The van der Waals surface area contributed by atoms with Crippen molar-refractivity contribution in [1.82, 2.24) is 0 Å². The minimum Gasteiger partial charge on any atom is -0.485 e. The number of benzene rings is 3. The summed E-state index contributed by atoms with van der Waals surface area (Å²) < 4.78 is 41.7. The zero-order valence-electron chi connectivity index (χ0n) is 29.0. The molecule has 0 saturated heterocycles. The maximum atomic E-state index is 17.7. The highest BCUT2D eigenvalue weighted by Crippen LogP contribution is 2.70. The lowest BCUT2D eigenvalue weighted by molar-refractivity contribution is -0.224. The smallest absolute Gasteiger partial charge is 0.352 e. The molecule has 0 aromatic heterocycles. The molecule has 3 fully saturated rings. The van der Waals surface area contributed by atoms with E-state index >= 15 is 4.39 Å². The van der Waals surface area contributed by atoms with E-state index in [1.165, 1.54) is 24.3 Å². The minimum atomic E-state index is -2.14. The molecule has 0 bridgehead atoms. The van der Waals surface area contributed by atoms with Crippen LogP contribution >= 0.6 is 0 Å². The molecule has 0 unspecified atom stereocenters. The maximum absolute atomic E-state index is 17.7. The number of fused-ring (bicyclic) bond motifs is 5. The number of ketones is 1. The molecule has 268 valence electrons. The molecule has 7 rings (SSSR count). The number of para-hydroxylation sites is 1. The first-order valence-electron chi connectivity index (χ1n) is 17.6. The highest BCUT2D eigenvalue weighted by molar-refractivity contribution is 6.01. The first-order chi connectivity index (χ1) is 24.9. The number of carbonyl (C=O) groups is 3. The van der Waals surface area contributed by atoms with Crippen LogP contribution in [0.2, 0.25) is 0 Å². The number of hydrogen-bond acceptors (Lipinski definition) is 9. The number of carbonyl (C=O) groups excluding carboxylic acids is 3. The average Bonchev–Trinajstić information content (AvgIpc) is 3.43.